The Hall–Kier alpha value is -2.62. The van der Waals surface area contributed by atoms with E-state index < -0.39 is 0 Å². The van der Waals surface area contributed by atoms with E-state index in [1.54, 1.807) is 0 Å². The third kappa shape index (κ3) is 8.72. The summed E-state index contributed by atoms with van der Waals surface area (Å²) in [4.78, 5) is 26.2. The van der Waals surface area contributed by atoms with E-state index in [1.165, 1.54) is 11.1 Å². The Bertz CT molecular complexity index is 1000. The third-order valence-corrected chi connectivity index (χ3v) is 7.27. The van der Waals surface area contributed by atoms with Crippen molar-refractivity contribution in [3.8, 4) is 0 Å². The van der Waals surface area contributed by atoms with E-state index in [0.29, 0.717) is 17.5 Å². The molecule has 0 aliphatic heterocycles. The average Bonchev–Trinajstić information content (AvgIpc) is 2.83. The van der Waals surface area contributed by atoms with E-state index in [4.69, 9.17) is 9.47 Å². The molecule has 0 N–H and O–H groups in total. The summed E-state index contributed by atoms with van der Waals surface area (Å²) in [5.74, 6) is -0.404. The summed E-state index contributed by atoms with van der Waals surface area (Å²) in [6.07, 6.45) is 1.53. The molecule has 0 bridgehead atoms. The Morgan fingerprint density at radius 3 is 1.30 bits per heavy atom. The van der Waals surface area contributed by atoms with Crippen molar-refractivity contribution in [2.24, 2.45) is 11.8 Å². The highest BCUT2D eigenvalue weighted by molar-refractivity contribution is 5.90. The van der Waals surface area contributed by atoms with Gasteiger partial charge in [0.1, 0.15) is 12.2 Å². The molecule has 0 saturated carbocycles. The predicted molar refractivity (Wildman–Crippen MR) is 152 cm³/mol. The fourth-order valence-corrected chi connectivity index (χ4v) is 4.46. The molecule has 2 rings (SSSR count). The van der Waals surface area contributed by atoms with Crippen LogP contribution in [0.15, 0.2) is 48.5 Å². The van der Waals surface area contributed by atoms with Crippen molar-refractivity contribution in [1.82, 2.24) is 0 Å². The number of hydrogen-bond acceptors (Lipinski definition) is 4. The normalized spacial score (nSPS) is 13.9. The van der Waals surface area contributed by atoms with Crippen LogP contribution in [0.25, 0.3) is 0 Å². The smallest absolute Gasteiger partial charge is 0.338 e. The molecule has 2 aromatic rings. The molecule has 0 fully saturated rings. The molecule has 2 aromatic carbocycles. The molecule has 4 nitrogen and oxygen atoms in total. The van der Waals surface area contributed by atoms with Gasteiger partial charge in [0, 0.05) is 6.42 Å². The van der Waals surface area contributed by atoms with Crippen molar-refractivity contribution in [3.63, 3.8) is 0 Å². The van der Waals surface area contributed by atoms with Crippen LogP contribution in [-0.2, 0) is 20.3 Å². The lowest BCUT2D eigenvalue weighted by molar-refractivity contribution is -0.0268. The van der Waals surface area contributed by atoms with Crippen LogP contribution in [0, 0.1) is 11.8 Å². The average molecular weight is 509 g/mol. The van der Waals surface area contributed by atoms with E-state index in [9.17, 15) is 9.59 Å². The summed E-state index contributed by atoms with van der Waals surface area (Å²) in [5.41, 5.74) is 3.45. The van der Waals surface area contributed by atoms with Gasteiger partial charge in [-0.3, -0.25) is 0 Å². The van der Waals surface area contributed by atoms with Crippen LogP contribution in [0.3, 0.4) is 0 Å². The minimum Gasteiger partial charge on any atom is -0.458 e. The van der Waals surface area contributed by atoms with Crippen molar-refractivity contribution in [2.45, 2.75) is 112 Å². The van der Waals surface area contributed by atoms with Crippen LogP contribution >= 0.6 is 0 Å². The molecule has 2 atom stereocenters. The first kappa shape index (κ1) is 30.6. The van der Waals surface area contributed by atoms with Crippen LogP contribution in [0.5, 0.6) is 0 Å². The molecule has 0 aliphatic carbocycles. The Balaban J connectivity index is 2.19. The highest BCUT2D eigenvalue weighted by Gasteiger charge is 2.31. The zero-order valence-electron chi connectivity index (χ0n) is 24.7. The third-order valence-electron chi connectivity index (χ3n) is 7.27. The molecule has 0 amide bonds. The highest BCUT2D eigenvalue weighted by Crippen LogP contribution is 2.28. The van der Waals surface area contributed by atoms with Crippen molar-refractivity contribution in [3.05, 3.63) is 70.8 Å². The molecule has 0 saturated heterocycles. The lowest BCUT2D eigenvalue weighted by atomic mass is 9.86. The van der Waals surface area contributed by atoms with Crippen molar-refractivity contribution in [2.75, 3.05) is 0 Å². The molecule has 0 spiro atoms. The maximum atomic E-state index is 13.1. The van der Waals surface area contributed by atoms with Crippen molar-refractivity contribution in [1.29, 1.82) is 0 Å². The Kier molecular flexibility index (Phi) is 10.6. The number of esters is 2. The fraction of sp³-hybridized carbons (Fsp3) is 0.576. The topological polar surface area (TPSA) is 52.6 Å². The Morgan fingerprint density at radius 2 is 1.00 bits per heavy atom. The lowest BCUT2D eigenvalue weighted by Gasteiger charge is -2.31. The van der Waals surface area contributed by atoms with Gasteiger partial charge in [0.05, 0.1) is 11.1 Å². The first-order valence-electron chi connectivity index (χ1n) is 13.8. The molecule has 204 valence electrons. The number of carbonyl (C=O) groups excluding carboxylic acids is 2. The van der Waals surface area contributed by atoms with Crippen LogP contribution < -0.4 is 0 Å². The first-order valence-corrected chi connectivity index (χ1v) is 13.8. The van der Waals surface area contributed by atoms with Crippen LogP contribution in [0.1, 0.15) is 120 Å². The van der Waals surface area contributed by atoms with Gasteiger partial charge in [-0.05, 0) is 70.9 Å². The van der Waals surface area contributed by atoms with Crippen LogP contribution in [0.4, 0.5) is 0 Å². The largest absolute Gasteiger partial charge is 0.458 e. The molecule has 2 unspecified atom stereocenters. The second kappa shape index (κ2) is 12.8. The molecular formula is C33H48O4. The van der Waals surface area contributed by atoms with E-state index in [-0.39, 0.29) is 46.8 Å². The molecule has 0 radical (unpaired) electrons. The minimum absolute atomic E-state index is 0.0158. The zero-order valence-corrected chi connectivity index (χ0v) is 24.7. The second-order valence-electron chi connectivity index (χ2n) is 12.6. The predicted octanol–water partition coefficient (Wildman–Crippen LogP) is 8.51. The van der Waals surface area contributed by atoms with E-state index in [2.05, 4.69) is 55.4 Å². The summed E-state index contributed by atoms with van der Waals surface area (Å²) in [6, 6.07) is 15.3. The second-order valence-corrected chi connectivity index (χ2v) is 12.6. The molecular weight excluding hydrogens is 460 g/mol. The summed E-state index contributed by atoms with van der Waals surface area (Å²) in [5, 5.41) is 0. The summed E-state index contributed by atoms with van der Waals surface area (Å²) >= 11 is 0. The minimum atomic E-state index is -0.364. The summed E-state index contributed by atoms with van der Waals surface area (Å²) < 4.78 is 12.1. The maximum absolute atomic E-state index is 13.1. The standard InChI is InChI=1S/C33H48O4/c1-11-23(12-2)29(37-31(35)25-15-19-27(20-16-25)33(8,9)10)21-28(22(3)4)36-30(34)24-13-17-26(18-14-24)32(5,6)7/h13-20,22-23,28-29H,11-12,21H2,1-10H3. The maximum Gasteiger partial charge on any atom is 0.338 e. The zero-order chi connectivity index (χ0) is 28.0. The van der Waals surface area contributed by atoms with Crippen LogP contribution in [-0.4, -0.2) is 24.1 Å². The van der Waals surface area contributed by atoms with Gasteiger partial charge in [-0.15, -0.1) is 0 Å². The first-order chi connectivity index (χ1) is 17.2. The SMILES string of the molecule is CCC(CC)C(CC(OC(=O)c1ccc(C(C)(C)C)cc1)C(C)C)OC(=O)c1ccc(C(C)(C)C)cc1. The quantitative estimate of drug-likeness (QED) is 0.302. The number of benzene rings is 2. The summed E-state index contributed by atoms with van der Waals surface area (Å²) in [7, 11) is 0. The van der Waals surface area contributed by atoms with Crippen molar-refractivity contribution < 1.29 is 19.1 Å². The number of ether oxygens (including phenoxy) is 2. The number of hydrogen-bond donors (Lipinski definition) is 0. The van der Waals surface area contributed by atoms with Gasteiger partial charge >= 0.3 is 11.9 Å². The van der Waals surface area contributed by atoms with Gasteiger partial charge in [-0.1, -0.05) is 93.5 Å². The fourth-order valence-electron chi connectivity index (χ4n) is 4.46. The lowest BCUT2D eigenvalue weighted by Crippen LogP contribution is -2.35. The van der Waals surface area contributed by atoms with E-state index in [0.717, 1.165) is 12.8 Å². The van der Waals surface area contributed by atoms with Gasteiger partial charge in [0.2, 0.25) is 0 Å². The number of rotatable bonds is 10. The Morgan fingerprint density at radius 1 is 0.649 bits per heavy atom. The van der Waals surface area contributed by atoms with E-state index in [1.807, 2.05) is 62.4 Å². The number of carbonyl (C=O) groups is 2. The Labute approximate surface area is 225 Å². The van der Waals surface area contributed by atoms with Gasteiger partial charge in [-0.2, -0.15) is 0 Å². The highest BCUT2D eigenvalue weighted by atomic mass is 16.6. The van der Waals surface area contributed by atoms with Crippen molar-refractivity contribution >= 4 is 11.9 Å². The molecule has 4 heteroatoms. The monoisotopic (exact) mass is 508 g/mol. The van der Waals surface area contributed by atoms with E-state index >= 15 is 0 Å². The van der Waals surface area contributed by atoms with Crippen LogP contribution in [0.2, 0.25) is 0 Å². The molecule has 0 aromatic heterocycles. The van der Waals surface area contributed by atoms with Gasteiger partial charge in [0.25, 0.3) is 0 Å². The van der Waals surface area contributed by atoms with Gasteiger partial charge in [0.15, 0.2) is 0 Å². The molecule has 0 aliphatic rings. The summed E-state index contributed by atoms with van der Waals surface area (Å²) in [6.45, 7) is 21.2. The van der Waals surface area contributed by atoms with Gasteiger partial charge in [-0.25, -0.2) is 9.59 Å². The molecule has 37 heavy (non-hydrogen) atoms. The van der Waals surface area contributed by atoms with Gasteiger partial charge < -0.3 is 9.47 Å². The molecule has 0 heterocycles.